The van der Waals surface area contributed by atoms with Crippen LogP contribution in [0.5, 0.6) is 0 Å². The minimum Gasteiger partial charge on any atom is -0.377 e. The molecule has 25 heavy (non-hydrogen) atoms. The van der Waals surface area contributed by atoms with E-state index in [-0.39, 0.29) is 5.91 Å². The maximum Gasteiger partial charge on any atom is 0.240 e. The number of carbonyl (C=O) groups is 1. The van der Waals surface area contributed by atoms with Gasteiger partial charge in [0.1, 0.15) is 6.54 Å². The van der Waals surface area contributed by atoms with Gasteiger partial charge in [-0.2, -0.15) is 0 Å². The number of rotatable bonds is 4. The lowest BCUT2D eigenvalue weighted by atomic mass is 10.1. The third-order valence-electron chi connectivity index (χ3n) is 3.98. The molecule has 0 saturated carbocycles. The predicted molar refractivity (Wildman–Crippen MR) is 103 cm³/mol. The van der Waals surface area contributed by atoms with Crippen LogP contribution in [0.2, 0.25) is 0 Å². The first-order chi connectivity index (χ1) is 12.1. The summed E-state index contributed by atoms with van der Waals surface area (Å²) in [6.45, 7) is 0.628. The van der Waals surface area contributed by atoms with Crippen molar-refractivity contribution in [2.75, 3.05) is 25.5 Å². The van der Waals surface area contributed by atoms with Crippen molar-refractivity contribution in [3.05, 3.63) is 66.4 Å². The molecule has 0 aliphatic carbocycles. The van der Waals surface area contributed by atoms with Gasteiger partial charge in [-0.25, -0.2) is 0 Å². The van der Waals surface area contributed by atoms with Crippen molar-refractivity contribution in [2.24, 2.45) is 0 Å². The molecule has 4 nitrogen and oxygen atoms in total. The Bertz CT molecular complexity index is 944. The van der Waals surface area contributed by atoms with Crippen molar-refractivity contribution in [1.29, 1.82) is 0 Å². The van der Waals surface area contributed by atoms with Gasteiger partial charge in [-0.05, 0) is 29.7 Å². The first-order valence-electron chi connectivity index (χ1n) is 8.21. The van der Waals surface area contributed by atoms with Crippen molar-refractivity contribution in [3.63, 3.8) is 0 Å². The average Bonchev–Trinajstić information content (AvgIpc) is 3.02. The maximum atomic E-state index is 12.1. The summed E-state index contributed by atoms with van der Waals surface area (Å²) in [6, 6.07) is 18.0. The van der Waals surface area contributed by atoms with Gasteiger partial charge < -0.3 is 14.8 Å². The summed E-state index contributed by atoms with van der Waals surface area (Å²) in [4.78, 5) is 14.2. The Morgan fingerprint density at radius 1 is 1.08 bits per heavy atom. The second-order valence-electron chi connectivity index (χ2n) is 5.99. The minimum absolute atomic E-state index is 0.0449. The molecule has 1 aromatic heterocycles. The van der Waals surface area contributed by atoms with Crippen LogP contribution >= 0.6 is 0 Å². The summed E-state index contributed by atoms with van der Waals surface area (Å²) in [5.41, 5.74) is 3.09. The van der Waals surface area contributed by atoms with Crippen molar-refractivity contribution in [1.82, 2.24) is 9.88 Å². The number of fused-ring (bicyclic) bond motifs is 1. The largest absolute Gasteiger partial charge is 0.377 e. The van der Waals surface area contributed by atoms with Crippen LogP contribution in [-0.4, -0.2) is 31.1 Å². The van der Waals surface area contributed by atoms with Crippen molar-refractivity contribution < 1.29 is 4.79 Å². The zero-order valence-electron chi connectivity index (χ0n) is 14.5. The molecule has 1 N–H and O–H groups in total. The molecule has 0 bridgehead atoms. The highest BCUT2D eigenvalue weighted by Gasteiger charge is 2.05. The number of para-hydroxylation sites is 2. The Kier molecular flexibility index (Phi) is 5.06. The molecule has 126 valence electrons. The topological polar surface area (TPSA) is 37.3 Å². The fourth-order valence-electron chi connectivity index (χ4n) is 2.74. The molecule has 0 spiro atoms. The Morgan fingerprint density at radius 2 is 1.84 bits per heavy atom. The highest BCUT2D eigenvalue weighted by atomic mass is 16.1. The highest BCUT2D eigenvalue weighted by Crippen LogP contribution is 2.16. The molecule has 4 heteroatoms. The summed E-state index contributed by atoms with van der Waals surface area (Å²) in [5.74, 6) is 6.11. The number of hydrogen-bond donors (Lipinski definition) is 1. The number of nitrogens with one attached hydrogen (secondary N) is 1. The van der Waals surface area contributed by atoms with Crippen molar-refractivity contribution >= 4 is 22.5 Å². The van der Waals surface area contributed by atoms with Gasteiger partial charge in [0, 0.05) is 31.4 Å². The average molecular weight is 331 g/mol. The second kappa shape index (κ2) is 7.59. The lowest BCUT2D eigenvalue weighted by molar-refractivity contribution is -0.121. The summed E-state index contributed by atoms with van der Waals surface area (Å²) in [6.07, 6.45) is 1.93. The Hall–Kier alpha value is -3.19. The summed E-state index contributed by atoms with van der Waals surface area (Å²) in [7, 11) is 3.98. The van der Waals surface area contributed by atoms with Gasteiger partial charge in [0.2, 0.25) is 5.91 Å². The molecule has 0 unspecified atom stereocenters. The molecular formula is C21H21N3O. The quantitative estimate of drug-likeness (QED) is 0.747. The summed E-state index contributed by atoms with van der Waals surface area (Å²) in [5, 5.41) is 3.99. The molecule has 3 aromatic rings. The van der Waals surface area contributed by atoms with Crippen LogP contribution in [0.15, 0.2) is 60.8 Å². The van der Waals surface area contributed by atoms with E-state index in [0.717, 1.165) is 22.2 Å². The first-order valence-corrected chi connectivity index (χ1v) is 8.21. The van der Waals surface area contributed by atoms with Crippen LogP contribution in [0.4, 0.5) is 5.69 Å². The van der Waals surface area contributed by atoms with Crippen LogP contribution in [-0.2, 0) is 11.3 Å². The molecule has 0 fully saturated rings. The molecule has 1 heterocycles. The fourth-order valence-corrected chi connectivity index (χ4v) is 2.74. The zero-order valence-corrected chi connectivity index (χ0v) is 14.5. The fraction of sp³-hybridized carbons (Fsp3) is 0.190. The van der Waals surface area contributed by atoms with E-state index >= 15 is 0 Å². The van der Waals surface area contributed by atoms with E-state index in [1.165, 1.54) is 0 Å². The van der Waals surface area contributed by atoms with Gasteiger partial charge in [0.25, 0.3) is 0 Å². The monoisotopic (exact) mass is 331 g/mol. The SMILES string of the molecule is CN(C)c1ccccc1C#CCNC(=O)Cn1ccc2ccccc21. The van der Waals surface area contributed by atoms with Gasteiger partial charge in [0.15, 0.2) is 0 Å². The molecule has 2 aromatic carbocycles. The van der Waals surface area contributed by atoms with E-state index in [2.05, 4.69) is 17.2 Å². The van der Waals surface area contributed by atoms with E-state index in [9.17, 15) is 4.79 Å². The minimum atomic E-state index is -0.0449. The Morgan fingerprint density at radius 3 is 2.68 bits per heavy atom. The van der Waals surface area contributed by atoms with Gasteiger partial charge in [-0.15, -0.1) is 0 Å². The van der Waals surface area contributed by atoms with Gasteiger partial charge in [-0.1, -0.05) is 42.2 Å². The molecule has 0 atom stereocenters. The van der Waals surface area contributed by atoms with E-state index in [1.807, 2.05) is 84.4 Å². The lowest BCUT2D eigenvalue weighted by Gasteiger charge is -2.13. The normalized spacial score (nSPS) is 10.2. The molecule has 0 saturated heterocycles. The van der Waals surface area contributed by atoms with E-state index in [4.69, 9.17) is 0 Å². The molecule has 1 amide bonds. The lowest BCUT2D eigenvalue weighted by Crippen LogP contribution is -2.27. The predicted octanol–water partition coefficient (Wildman–Crippen LogP) is 2.88. The summed E-state index contributed by atoms with van der Waals surface area (Å²) >= 11 is 0. The van der Waals surface area contributed by atoms with Crippen molar-refractivity contribution in [2.45, 2.75) is 6.54 Å². The van der Waals surface area contributed by atoms with Crippen molar-refractivity contribution in [3.8, 4) is 11.8 Å². The van der Waals surface area contributed by atoms with Gasteiger partial charge >= 0.3 is 0 Å². The zero-order chi connectivity index (χ0) is 17.6. The third-order valence-corrected chi connectivity index (χ3v) is 3.98. The van der Waals surface area contributed by atoms with E-state index < -0.39 is 0 Å². The molecular weight excluding hydrogens is 310 g/mol. The Labute approximate surface area is 148 Å². The Balaban J connectivity index is 1.59. The number of amides is 1. The number of aromatic nitrogens is 1. The van der Waals surface area contributed by atoms with Gasteiger partial charge in [0.05, 0.1) is 12.2 Å². The number of nitrogens with zero attached hydrogens (tertiary/aromatic N) is 2. The van der Waals surface area contributed by atoms with Crippen LogP contribution in [0, 0.1) is 11.8 Å². The number of hydrogen-bond acceptors (Lipinski definition) is 2. The van der Waals surface area contributed by atoms with E-state index in [1.54, 1.807) is 0 Å². The molecule has 0 aliphatic heterocycles. The number of carbonyl (C=O) groups excluding carboxylic acids is 1. The molecule has 3 rings (SSSR count). The van der Waals surface area contributed by atoms with Crippen LogP contribution in [0.25, 0.3) is 10.9 Å². The molecule has 0 radical (unpaired) electrons. The standard InChI is InChI=1S/C21H21N3O/c1-23(2)19-11-5-3-8-17(19)10-7-14-22-21(25)16-24-15-13-18-9-4-6-12-20(18)24/h3-6,8-9,11-13,15H,14,16H2,1-2H3,(H,22,25). The number of anilines is 1. The van der Waals surface area contributed by atoms with Gasteiger partial charge in [-0.3, -0.25) is 4.79 Å². The van der Waals surface area contributed by atoms with E-state index in [0.29, 0.717) is 13.1 Å². The number of benzene rings is 2. The first kappa shape index (κ1) is 16.7. The van der Waals surface area contributed by atoms with Crippen LogP contribution in [0.3, 0.4) is 0 Å². The summed E-state index contributed by atoms with van der Waals surface area (Å²) < 4.78 is 1.94. The maximum absolute atomic E-state index is 12.1. The smallest absolute Gasteiger partial charge is 0.240 e. The van der Waals surface area contributed by atoms with Crippen LogP contribution < -0.4 is 10.2 Å². The van der Waals surface area contributed by atoms with Crippen LogP contribution in [0.1, 0.15) is 5.56 Å². The third kappa shape index (κ3) is 4.02. The highest BCUT2D eigenvalue weighted by molar-refractivity contribution is 5.83. The second-order valence-corrected chi connectivity index (χ2v) is 5.99. The molecule has 0 aliphatic rings.